The predicted octanol–water partition coefficient (Wildman–Crippen LogP) is 3.99. The average molecular weight is 228 g/mol. The summed E-state index contributed by atoms with van der Waals surface area (Å²) in [6.45, 7) is 7.57. The van der Waals surface area contributed by atoms with Gasteiger partial charge in [-0.1, -0.05) is 36.0 Å². The molecule has 17 heavy (non-hydrogen) atoms. The maximum Gasteiger partial charge on any atom is 0.150 e. The summed E-state index contributed by atoms with van der Waals surface area (Å²) in [7, 11) is 0. The van der Waals surface area contributed by atoms with Crippen LogP contribution in [0.4, 0.5) is 0 Å². The summed E-state index contributed by atoms with van der Waals surface area (Å²) in [5.74, 6) is 0.512. The number of carbonyl (C=O) groups is 1. The third kappa shape index (κ3) is 1.95. The van der Waals surface area contributed by atoms with Crippen molar-refractivity contribution in [3.8, 4) is 0 Å². The Hall–Kier alpha value is -1.37. The third-order valence-corrected chi connectivity index (χ3v) is 3.97. The van der Waals surface area contributed by atoms with Gasteiger partial charge in [0.25, 0.3) is 0 Å². The lowest BCUT2D eigenvalue weighted by Crippen LogP contribution is -2.40. The van der Waals surface area contributed by atoms with Crippen molar-refractivity contribution in [2.75, 3.05) is 0 Å². The second kappa shape index (κ2) is 4.87. The Bertz CT molecular complexity index is 400. The number of hydrogen-bond donors (Lipinski definition) is 0. The van der Waals surface area contributed by atoms with Crippen molar-refractivity contribution in [3.63, 3.8) is 0 Å². The Morgan fingerprint density at radius 2 is 2.24 bits per heavy atom. The van der Waals surface area contributed by atoms with Gasteiger partial charge in [0, 0.05) is 5.92 Å². The van der Waals surface area contributed by atoms with Crippen LogP contribution in [0.3, 0.4) is 0 Å². The monoisotopic (exact) mass is 228 g/mol. The summed E-state index contributed by atoms with van der Waals surface area (Å²) in [5, 5.41) is 0. The van der Waals surface area contributed by atoms with E-state index in [2.05, 4.69) is 31.4 Å². The first-order chi connectivity index (χ1) is 8.24. The molecule has 90 valence electrons. The van der Waals surface area contributed by atoms with Gasteiger partial charge in [-0.05, 0) is 32.1 Å². The molecule has 1 saturated carbocycles. The number of fused-ring (bicyclic) bond motifs is 1. The van der Waals surface area contributed by atoms with Crippen molar-refractivity contribution in [1.29, 1.82) is 0 Å². The summed E-state index contributed by atoms with van der Waals surface area (Å²) in [5.41, 5.74) is 0.941. The molecule has 2 aliphatic rings. The van der Waals surface area contributed by atoms with Crippen LogP contribution in [-0.4, -0.2) is 5.78 Å². The van der Waals surface area contributed by atoms with E-state index < -0.39 is 0 Å². The lowest BCUT2D eigenvalue weighted by molar-refractivity contribution is -0.130. The van der Waals surface area contributed by atoms with Gasteiger partial charge >= 0.3 is 0 Å². The van der Waals surface area contributed by atoms with Crippen LogP contribution in [0.2, 0.25) is 0 Å². The molecule has 1 fully saturated rings. The molecular formula is C16H20O. The Balaban J connectivity index is 2.35. The molecule has 2 atom stereocenters. The first-order valence-corrected chi connectivity index (χ1v) is 6.38. The predicted molar refractivity (Wildman–Crippen MR) is 71.6 cm³/mol. The van der Waals surface area contributed by atoms with E-state index in [4.69, 9.17) is 0 Å². The van der Waals surface area contributed by atoms with E-state index in [1.165, 1.54) is 5.57 Å². The van der Waals surface area contributed by atoms with E-state index in [9.17, 15) is 4.79 Å². The highest BCUT2D eigenvalue weighted by molar-refractivity contribution is 5.93. The molecule has 0 bridgehead atoms. The number of allylic oxidation sites excluding steroid dienone is 6. The fourth-order valence-corrected chi connectivity index (χ4v) is 3.11. The van der Waals surface area contributed by atoms with Crippen molar-refractivity contribution >= 4 is 5.78 Å². The van der Waals surface area contributed by atoms with Gasteiger partial charge in [-0.3, -0.25) is 4.79 Å². The number of Topliss-reactive ketones (excluding diaryl/α,β-unsaturated/α-hetero) is 1. The van der Waals surface area contributed by atoms with Crippen molar-refractivity contribution in [3.05, 3.63) is 49.1 Å². The molecule has 1 heteroatoms. The highest BCUT2D eigenvalue weighted by Gasteiger charge is 2.45. The van der Waals surface area contributed by atoms with E-state index >= 15 is 0 Å². The van der Waals surface area contributed by atoms with Gasteiger partial charge in [-0.15, -0.1) is 13.2 Å². The number of ketones is 1. The van der Waals surface area contributed by atoms with Crippen LogP contribution in [0.25, 0.3) is 0 Å². The Kier molecular flexibility index (Phi) is 3.46. The molecule has 0 amide bonds. The molecule has 0 aromatic carbocycles. The van der Waals surface area contributed by atoms with Gasteiger partial charge in [-0.2, -0.15) is 0 Å². The molecule has 0 spiro atoms. The Morgan fingerprint density at radius 3 is 2.94 bits per heavy atom. The molecule has 0 aromatic rings. The van der Waals surface area contributed by atoms with E-state index in [0.717, 1.165) is 32.1 Å². The SMILES string of the molecule is C=CCC1CCC2=CCC=C[C@]2(CC=C)C1=O. The average Bonchev–Trinajstić information content (AvgIpc) is 2.34. The smallest absolute Gasteiger partial charge is 0.150 e. The van der Waals surface area contributed by atoms with Crippen LogP contribution < -0.4 is 0 Å². The molecule has 2 aliphatic carbocycles. The molecule has 2 rings (SSSR count). The highest BCUT2D eigenvalue weighted by Crippen LogP contribution is 2.47. The van der Waals surface area contributed by atoms with Gasteiger partial charge in [0.1, 0.15) is 0 Å². The number of rotatable bonds is 4. The number of hydrogen-bond acceptors (Lipinski definition) is 1. The van der Waals surface area contributed by atoms with Crippen molar-refractivity contribution < 1.29 is 4.79 Å². The van der Waals surface area contributed by atoms with Crippen molar-refractivity contribution in [2.24, 2.45) is 11.3 Å². The quantitative estimate of drug-likeness (QED) is 0.665. The molecule has 1 unspecified atom stereocenters. The molecule has 1 nitrogen and oxygen atoms in total. The van der Waals surface area contributed by atoms with Crippen LogP contribution in [0, 0.1) is 11.3 Å². The Labute approximate surface area is 104 Å². The lowest BCUT2D eigenvalue weighted by atomic mass is 9.61. The van der Waals surface area contributed by atoms with Gasteiger partial charge < -0.3 is 0 Å². The molecular weight excluding hydrogens is 208 g/mol. The third-order valence-electron chi connectivity index (χ3n) is 3.97. The highest BCUT2D eigenvalue weighted by atomic mass is 16.1. The van der Waals surface area contributed by atoms with Gasteiger partial charge in [-0.25, -0.2) is 0 Å². The molecule has 0 heterocycles. The van der Waals surface area contributed by atoms with E-state index in [1.807, 2.05) is 12.2 Å². The lowest BCUT2D eigenvalue weighted by Gasteiger charge is -2.40. The van der Waals surface area contributed by atoms with Crippen LogP contribution in [0.1, 0.15) is 32.1 Å². The number of carbonyl (C=O) groups excluding carboxylic acids is 1. The maximum atomic E-state index is 12.7. The van der Waals surface area contributed by atoms with Crippen LogP contribution in [-0.2, 0) is 4.79 Å². The fourth-order valence-electron chi connectivity index (χ4n) is 3.11. The largest absolute Gasteiger partial charge is 0.298 e. The topological polar surface area (TPSA) is 17.1 Å². The molecule has 0 saturated heterocycles. The summed E-state index contributed by atoms with van der Waals surface area (Å²) in [6.07, 6.45) is 14.7. The van der Waals surface area contributed by atoms with Crippen molar-refractivity contribution in [2.45, 2.75) is 32.1 Å². The van der Waals surface area contributed by atoms with Gasteiger partial charge in [0.2, 0.25) is 0 Å². The van der Waals surface area contributed by atoms with Crippen molar-refractivity contribution in [1.82, 2.24) is 0 Å². The fraction of sp³-hybridized carbons (Fsp3) is 0.438. The standard InChI is InChI=1S/C16H20O/c1-3-7-13-9-10-14-8-5-6-12-16(14,11-4-2)15(13)17/h3-4,6,8,12-13H,1-2,5,7,9-11H2/t13?,16-/m0/s1. The molecule has 0 aromatic heterocycles. The minimum absolute atomic E-state index is 0.146. The zero-order chi connectivity index (χ0) is 12.3. The summed E-state index contributed by atoms with van der Waals surface area (Å²) in [4.78, 5) is 12.7. The zero-order valence-corrected chi connectivity index (χ0v) is 10.3. The minimum Gasteiger partial charge on any atom is -0.298 e. The molecule has 0 radical (unpaired) electrons. The second-order valence-corrected chi connectivity index (χ2v) is 4.96. The first kappa shape index (κ1) is 12.1. The molecule has 0 N–H and O–H groups in total. The minimum atomic E-state index is -0.369. The summed E-state index contributed by atoms with van der Waals surface area (Å²) < 4.78 is 0. The maximum absolute atomic E-state index is 12.7. The summed E-state index contributed by atoms with van der Waals surface area (Å²) >= 11 is 0. The van der Waals surface area contributed by atoms with Gasteiger partial charge in [0.15, 0.2) is 5.78 Å². The zero-order valence-electron chi connectivity index (χ0n) is 10.3. The Morgan fingerprint density at radius 1 is 1.41 bits per heavy atom. The van der Waals surface area contributed by atoms with Crippen LogP contribution in [0.5, 0.6) is 0 Å². The summed E-state index contributed by atoms with van der Waals surface area (Å²) in [6, 6.07) is 0. The first-order valence-electron chi connectivity index (χ1n) is 6.38. The second-order valence-electron chi connectivity index (χ2n) is 4.96. The van der Waals surface area contributed by atoms with E-state index in [-0.39, 0.29) is 11.3 Å². The van der Waals surface area contributed by atoms with E-state index in [1.54, 1.807) is 0 Å². The van der Waals surface area contributed by atoms with Crippen LogP contribution >= 0.6 is 0 Å². The van der Waals surface area contributed by atoms with Gasteiger partial charge in [0.05, 0.1) is 5.41 Å². The molecule has 0 aliphatic heterocycles. The van der Waals surface area contributed by atoms with E-state index in [0.29, 0.717) is 5.78 Å². The van der Waals surface area contributed by atoms with Crippen LogP contribution in [0.15, 0.2) is 49.1 Å². The normalized spacial score (nSPS) is 31.6.